The van der Waals surface area contributed by atoms with Gasteiger partial charge in [0.25, 0.3) is 11.8 Å². The lowest BCUT2D eigenvalue weighted by molar-refractivity contribution is 0.0671. The van der Waals surface area contributed by atoms with E-state index in [-0.39, 0.29) is 17.8 Å². The molecule has 2 heterocycles. The Kier molecular flexibility index (Phi) is 6.40. The Labute approximate surface area is 206 Å². The molecular formula is C26H23N5O3S. The first-order chi connectivity index (χ1) is 17.1. The molecule has 0 unspecified atom stereocenters. The van der Waals surface area contributed by atoms with Gasteiger partial charge >= 0.3 is 6.03 Å². The minimum absolute atomic E-state index is 0.119. The van der Waals surface area contributed by atoms with E-state index in [9.17, 15) is 14.4 Å². The van der Waals surface area contributed by atoms with Gasteiger partial charge in [0, 0.05) is 43.0 Å². The fourth-order valence-electron chi connectivity index (χ4n) is 3.88. The van der Waals surface area contributed by atoms with Crippen LogP contribution in [0, 0.1) is 0 Å². The number of aromatic nitrogens is 1. The van der Waals surface area contributed by atoms with E-state index in [0.717, 1.165) is 15.9 Å². The fourth-order valence-corrected chi connectivity index (χ4v) is 4.74. The summed E-state index contributed by atoms with van der Waals surface area (Å²) in [6, 6.07) is 23.4. The summed E-state index contributed by atoms with van der Waals surface area (Å²) in [6.07, 6.45) is 0. The van der Waals surface area contributed by atoms with Crippen molar-refractivity contribution in [1.29, 1.82) is 0 Å². The van der Waals surface area contributed by atoms with E-state index < -0.39 is 0 Å². The van der Waals surface area contributed by atoms with Crippen LogP contribution in [0.15, 0.2) is 78.9 Å². The normalized spacial score (nSPS) is 13.5. The van der Waals surface area contributed by atoms with Crippen LogP contribution in [0.25, 0.3) is 10.2 Å². The monoisotopic (exact) mass is 485 g/mol. The van der Waals surface area contributed by atoms with Crippen molar-refractivity contribution >= 4 is 50.2 Å². The first-order valence-corrected chi connectivity index (χ1v) is 12.1. The Morgan fingerprint density at radius 2 is 1.34 bits per heavy atom. The largest absolute Gasteiger partial charge is 0.335 e. The topological polar surface area (TPSA) is 94.6 Å². The standard InChI is InChI=1S/C26H23N5O3S/c32-23(29-25-28-21-8-4-5-9-22(21)35-25)18-10-12-19(13-11-18)24(33)30-14-16-31(17-15-30)26(34)27-20-6-2-1-3-7-20/h1-13H,14-17H2,(H,27,34)(H,28,29,32). The number of amides is 4. The lowest BCUT2D eigenvalue weighted by Crippen LogP contribution is -2.51. The van der Waals surface area contributed by atoms with E-state index >= 15 is 0 Å². The summed E-state index contributed by atoms with van der Waals surface area (Å²) in [4.78, 5) is 45.9. The van der Waals surface area contributed by atoms with Crippen LogP contribution in [0.1, 0.15) is 20.7 Å². The molecule has 0 radical (unpaired) electrons. The minimum Gasteiger partial charge on any atom is -0.335 e. The third-order valence-electron chi connectivity index (χ3n) is 5.79. The van der Waals surface area contributed by atoms with Gasteiger partial charge in [0.2, 0.25) is 0 Å². The third-order valence-corrected chi connectivity index (χ3v) is 6.74. The van der Waals surface area contributed by atoms with Crippen molar-refractivity contribution in [3.63, 3.8) is 0 Å². The van der Waals surface area contributed by atoms with Gasteiger partial charge in [-0.15, -0.1) is 0 Å². The highest BCUT2D eigenvalue weighted by Crippen LogP contribution is 2.25. The van der Waals surface area contributed by atoms with Crippen molar-refractivity contribution in [2.75, 3.05) is 36.8 Å². The second-order valence-corrected chi connectivity index (χ2v) is 9.12. The van der Waals surface area contributed by atoms with Crippen LogP contribution in [0.4, 0.5) is 15.6 Å². The summed E-state index contributed by atoms with van der Waals surface area (Å²) in [6.45, 7) is 1.79. The van der Waals surface area contributed by atoms with E-state index in [1.54, 1.807) is 34.1 Å². The van der Waals surface area contributed by atoms with Gasteiger partial charge in [-0.25, -0.2) is 9.78 Å². The van der Waals surface area contributed by atoms with Crippen molar-refractivity contribution in [1.82, 2.24) is 14.8 Å². The Morgan fingerprint density at radius 1 is 0.714 bits per heavy atom. The number of nitrogens with one attached hydrogen (secondary N) is 2. The number of urea groups is 1. The zero-order chi connectivity index (χ0) is 24.2. The molecule has 4 aromatic rings. The minimum atomic E-state index is -0.277. The SMILES string of the molecule is O=C(Nc1nc2ccccc2s1)c1ccc(C(=O)N2CCN(C(=O)Nc3ccccc3)CC2)cc1. The molecule has 1 aromatic heterocycles. The molecule has 0 aliphatic carbocycles. The molecule has 1 fully saturated rings. The predicted octanol–water partition coefficient (Wildman–Crippen LogP) is 4.54. The van der Waals surface area contributed by atoms with E-state index in [4.69, 9.17) is 0 Å². The lowest BCUT2D eigenvalue weighted by Gasteiger charge is -2.34. The number of benzene rings is 3. The van der Waals surface area contributed by atoms with Crippen molar-refractivity contribution in [3.8, 4) is 0 Å². The molecule has 8 nitrogen and oxygen atoms in total. The molecule has 9 heteroatoms. The summed E-state index contributed by atoms with van der Waals surface area (Å²) < 4.78 is 1.00. The highest BCUT2D eigenvalue weighted by atomic mass is 32.1. The molecule has 2 N–H and O–H groups in total. The zero-order valence-corrected chi connectivity index (χ0v) is 19.6. The van der Waals surface area contributed by atoms with Gasteiger partial charge in [0.1, 0.15) is 0 Å². The molecule has 176 valence electrons. The van der Waals surface area contributed by atoms with Gasteiger partial charge in [-0.1, -0.05) is 41.7 Å². The van der Waals surface area contributed by atoms with Crippen molar-refractivity contribution in [2.45, 2.75) is 0 Å². The maximum atomic E-state index is 12.9. The Bertz CT molecular complexity index is 1330. The van der Waals surface area contributed by atoms with Gasteiger partial charge in [-0.3, -0.25) is 14.9 Å². The summed E-state index contributed by atoms with van der Waals surface area (Å²) in [5.74, 6) is -0.396. The van der Waals surface area contributed by atoms with Gasteiger partial charge in [0.15, 0.2) is 5.13 Å². The van der Waals surface area contributed by atoms with Crippen LogP contribution in [0.5, 0.6) is 0 Å². The number of carbonyl (C=O) groups is 3. The van der Waals surface area contributed by atoms with Gasteiger partial charge < -0.3 is 15.1 Å². The molecule has 35 heavy (non-hydrogen) atoms. The number of anilines is 2. The molecule has 4 amide bonds. The average molecular weight is 486 g/mol. The smallest absolute Gasteiger partial charge is 0.321 e. The second-order valence-electron chi connectivity index (χ2n) is 8.09. The number of hydrogen-bond donors (Lipinski definition) is 2. The predicted molar refractivity (Wildman–Crippen MR) is 137 cm³/mol. The molecule has 1 saturated heterocycles. The zero-order valence-electron chi connectivity index (χ0n) is 18.8. The van der Waals surface area contributed by atoms with E-state index in [1.807, 2.05) is 54.6 Å². The number of rotatable bonds is 4. The number of thiazole rings is 1. The summed E-state index contributed by atoms with van der Waals surface area (Å²) >= 11 is 1.41. The van der Waals surface area contributed by atoms with Crippen LogP contribution < -0.4 is 10.6 Å². The Morgan fingerprint density at radius 3 is 2.06 bits per heavy atom. The van der Waals surface area contributed by atoms with Gasteiger partial charge in [0.05, 0.1) is 10.2 Å². The lowest BCUT2D eigenvalue weighted by atomic mass is 10.1. The van der Waals surface area contributed by atoms with Crippen molar-refractivity contribution in [3.05, 3.63) is 90.0 Å². The number of hydrogen-bond acceptors (Lipinski definition) is 5. The van der Waals surface area contributed by atoms with Crippen LogP contribution in [0.3, 0.4) is 0 Å². The molecule has 0 atom stereocenters. The molecule has 1 aliphatic rings. The fraction of sp³-hybridized carbons (Fsp3) is 0.154. The third kappa shape index (κ3) is 5.15. The quantitative estimate of drug-likeness (QED) is 0.444. The number of carbonyl (C=O) groups excluding carboxylic acids is 3. The summed E-state index contributed by atoms with van der Waals surface area (Å²) in [7, 11) is 0. The number of fused-ring (bicyclic) bond motifs is 1. The maximum Gasteiger partial charge on any atom is 0.321 e. The molecule has 3 aromatic carbocycles. The molecule has 0 saturated carbocycles. The van der Waals surface area contributed by atoms with Crippen LogP contribution in [-0.2, 0) is 0 Å². The van der Waals surface area contributed by atoms with E-state index in [0.29, 0.717) is 42.4 Å². The summed E-state index contributed by atoms with van der Waals surface area (Å²) in [5, 5.41) is 6.23. The Hall–Kier alpha value is -4.24. The van der Waals surface area contributed by atoms with Crippen LogP contribution in [-0.4, -0.2) is 58.8 Å². The maximum absolute atomic E-state index is 12.9. The second kappa shape index (κ2) is 9.94. The number of nitrogens with zero attached hydrogens (tertiary/aromatic N) is 3. The molecule has 1 aliphatic heterocycles. The molecular weight excluding hydrogens is 462 g/mol. The van der Waals surface area contributed by atoms with E-state index in [1.165, 1.54) is 11.3 Å². The van der Waals surface area contributed by atoms with Crippen LogP contribution >= 0.6 is 11.3 Å². The first kappa shape index (κ1) is 22.5. The van der Waals surface area contributed by atoms with Crippen LogP contribution in [0.2, 0.25) is 0 Å². The molecule has 0 bridgehead atoms. The highest BCUT2D eigenvalue weighted by molar-refractivity contribution is 7.22. The number of piperazine rings is 1. The van der Waals surface area contributed by atoms with Crippen molar-refractivity contribution in [2.24, 2.45) is 0 Å². The van der Waals surface area contributed by atoms with Crippen molar-refractivity contribution < 1.29 is 14.4 Å². The van der Waals surface area contributed by atoms with Gasteiger partial charge in [-0.2, -0.15) is 0 Å². The molecule has 5 rings (SSSR count). The molecule has 0 spiro atoms. The van der Waals surface area contributed by atoms with E-state index in [2.05, 4.69) is 15.6 Å². The van der Waals surface area contributed by atoms with Gasteiger partial charge in [-0.05, 0) is 48.5 Å². The number of para-hydroxylation sites is 2. The average Bonchev–Trinajstić information content (AvgIpc) is 3.31. The highest BCUT2D eigenvalue weighted by Gasteiger charge is 2.25. The first-order valence-electron chi connectivity index (χ1n) is 11.2. The summed E-state index contributed by atoms with van der Waals surface area (Å²) in [5.41, 5.74) is 2.53. The Balaban J connectivity index is 1.15.